The van der Waals surface area contributed by atoms with Crippen molar-refractivity contribution in [3.05, 3.63) is 0 Å². The Morgan fingerprint density at radius 3 is 0.778 bits per heavy atom. The first kappa shape index (κ1) is 77.0. The lowest BCUT2D eigenvalue weighted by Gasteiger charge is -2.65. The molecule has 0 amide bonds. The number of hydrogen-bond donors (Lipinski definition) is 11. The van der Waals surface area contributed by atoms with E-state index in [4.69, 9.17) is 23.7 Å². The molecule has 8 atom stereocenters. The molecule has 0 heterocycles. The molecule has 20 aliphatic rings. The van der Waals surface area contributed by atoms with Crippen LogP contribution in [0.15, 0.2) is 0 Å². The fraction of sp³-hybridized carbons (Fsp3) is 0.936. The Morgan fingerprint density at radius 2 is 0.505 bits per heavy atom. The van der Waals surface area contributed by atoms with Gasteiger partial charge in [0.25, 0.3) is 0 Å². The van der Waals surface area contributed by atoms with Crippen molar-refractivity contribution in [2.24, 2.45) is 51.8 Å². The largest absolute Gasteiger partial charge is 0.459 e. The summed E-state index contributed by atoms with van der Waals surface area (Å²) in [5.41, 5.74) is -15.6. The van der Waals surface area contributed by atoms with Gasteiger partial charge in [-0.1, -0.05) is 48.5 Å². The molecule has 20 fully saturated rings. The predicted octanol–water partition coefficient (Wildman–Crippen LogP) is 9.16. The normalized spacial score (nSPS) is 48.0. The summed E-state index contributed by atoms with van der Waals surface area (Å²) in [5, 5.41) is 117. The Bertz CT molecular complexity index is 2950. The lowest BCUT2D eigenvalue weighted by Crippen LogP contribution is -2.72. The number of carbonyl (C=O) groups excluding carboxylic acids is 5. The lowest BCUT2D eigenvalue weighted by atomic mass is 9.48. The molecule has 0 spiro atoms. The molecule has 564 valence electrons. The predicted molar refractivity (Wildman–Crippen MR) is 362 cm³/mol. The summed E-state index contributed by atoms with van der Waals surface area (Å²) in [7, 11) is 0. The van der Waals surface area contributed by atoms with Crippen LogP contribution in [-0.2, 0) is 47.7 Å². The Labute approximate surface area is 587 Å². The molecule has 20 bridgehead atoms. The smallest absolute Gasteiger partial charge is 0.312 e. The van der Waals surface area contributed by atoms with Crippen LogP contribution in [0, 0.1) is 51.8 Å². The topological polar surface area (TPSA) is 354 Å². The van der Waals surface area contributed by atoms with E-state index in [2.05, 4.69) is 0 Å². The molecule has 21 heteroatoms. The summed E-state index contributed by atoms with van der Waals surface area (Å²) >= 11 is 0. The molecule has 20 aliphatic carbocycles. The van der Waals surface area contributed by atoms with Crippen molar-refractivity contribution >= 4 is 29.8 Å². The number of rotatable bonds is 15. The first-order chi connectivity index (χ1) is 45.2. The van der Waals surface area contributed by atoms with Crippen LogP contribution in [0.5, 0.6) is 0 Å². The van der Waals surface area contributed by atoms with Gasteiger partial charge in [0, 0.05) is 122 Å². The second-order valence-corrected chi connectivity index (χ2v) is 39.8. The first-order valence-electron chi connectivity index (χ1n) is 38.3. The molecule has 0 aliphatic heterocycles. The van der Waals surface area contributed by atoms with Crippen LogP contribution >= 0.6 is 0 Å². The Morgan fingerprint density at radius 1 is 0.293 bits per heavy atom. The third-order valence-corrected chi connectivity index (χ3v) is 27.7. The average molecular weight is 1400 g/mol. The SMILES string of the molecule is CCC(C)(C)C(=O)OC12CC3(O)CC(O)(CC(O)(C3)C1)C2.CCC(C)(C)C(=O)OC12CC3CC(CC(O)(C3)C1)C2.CCC(C)(C)C(=O)OC12CC3CC(O)(CC(O)(C3)C1)C2.CCC(C)C(=O)OC12CC3(O)CC(O)(CC(O)(C3)C1)C2.CCC(C)C(=O)OC12CC3CC(O)(CC(O)(C3)C1)C2. The molecule has 0 aromatic heterocycles. The molecule has 11 N–H and O–H groups in total. The van der Waals surface area contributed by atoms with Crippen LogP contribution in [0.3, 0.4) is 0 Å². The maximum Gasteiger partial charge on any atom is 0.312 e. The zero-order valence-electron chi connectivity index (χ0n) is 62.2. The highest BCUT2D eigenvalue weighted by molar-refractivity contribution is 5.78. The standard InChI is InChI=1S/C16H26O5.C16H26O4.C16H26O3.C15H24O5.C15H24O4/c1-4-12(2,3)11(17)21-16-8-13(18)5-14(19,9-16)7-15(20,6-13)10-16;1-4-13(2,3)12(17)20-16-7-11-5-14(18,9-16)8-15(19,6-11)10-16;1-4-14(2,3)13(17)19-16-8-11-5-12(9-16)7-15(18,6-11)10-16;1-3-10(2)11(16)20-15-7-12(17)4-13(18,8-15)6-14(19,5-12)9-15;1-3-10(2)12(16)19-15-6-11-4-13(17,8-15)7-14(18,5-11)9-15/h18-20H,4-10H2,1-3H3;11,18-19H,4-10H2,1-3H3;11-12,18H,4-10H2,1-3H3;10,17-19H,3-9H2,1-2H3;10-11,17-18H,3-9H2,1-2H3. The number of hydrogen-bond acceptors (Lipinski definition) is 21. The summed E-state index contributed by atoms with van der Waals surface area (Å²) in [6.45, 7) is 24.8. The highest BCUT2D eigenvalue weighted by Gasteiger charge is 2.72. The second kappa shape index (κ2) is 24.7. The third-order valence-electron chi connectivity index (χ3n) is 27.7. The fourth-order valence-corrected chi connectivity index (χ4v) is 24.4. The van der Waals surface area contributed by atoms with Crippen molar-refractivity contribution in [3.8, 4) is 0 Å². The summed E-state index contributed by atoms with van der Waals surface area (Å²) in [5.74, 6) is 0.279. The molecular formula is C78H126O21. The van der Waals surface area contributed by atoms with Crippen LogP contribution in [0.4, 0.5) is 0 Å². The second-order valence-electron chi connectivity index (χ2n) is 39.8. The quantitative estimate of drug-likeness (QED) is 0.0537. The van der Waals surface area contributed by atoms with Gasteiger partial charge in [0.15, 0.2) is 0 Å². The molecular weight excluding hydrogens is 1270 g/mol. The van der Waals surface area contributed by atoms with E-state index in [1.165, 1.54) is 6.42 Å². The average Bonchev–Trinajstić information content (AvgIpc) is 0.714. The van der Waals surface area contributed by atoms with Crippen molar-refractivity contribution in [1.29, 1.82) is 0 Å². The highest BCUT2D eigenvalue weighted by atomic mass is 16.6. The maximum atomic E-state index is 12.4. The van der Waals surface area contributed by atoms with E-state index in [1.807, 2.05) is 83.1 Å². The van der Waals surface area contributed by atoms with E-state index in [0.29, 0.717) is 108 Å². The number of carbonyl (C=O) groups is 5. The van der Waals surface area contributed by atoms with Crippen molar-refractivity contribution in [2.45, 2.75) is 404 Å². The summed E-state index contributed by atoms with van der Waals surface area (Å²) in [4.78, 5) is 61.4. The zero-order chi connectivity index (χ0) is 73.1. The van der Waals surface area contributed by atoms with Gasteiger partial charge in [-0.2, -0.15) is 0 Å². The van der Waals surface area contributed by atoms with Gasteiger partial charge in [0.1, 0.15) is 28.0 Å². The summed E-state index contributed by atoms with van der Waals surface area (Å²) < 4.78 is 29.1. The Balaban J connectivity index is 0.000000125. The molecule has 0 aromatic rings. The Hall–Kier alpha value is -3.09. The van der Waals surface area contributed by atoms with Crippen LogP contribution in [-0.4, -0.2) is 176 Å². The van der Waals surface area contributed by atoms with Gasteiger partial charge >= 0.3 is 29.8 Å². The van der Waals surface area contributed by atoms with Gasteiger partial charge < -0.3 is 79.9 Å². The van der Waals surface area contributed by atoms with E-state index in [1.54, 1.807) is 6.92 Å². The fourth-order valence-electron chi connectivity index (χ4n) is 24.4. The summed E-state index contributed by atoms with van der Waals surface area (Å²) in [6.07, 6.45) is 20.2. The van der Waals surface area contributed by atoms with Crippen molar-refractivity contribution in [3.63, 3.8) is 0 Å². The highest BCUT2D eigenvalue weighted by Crippen LogP contribution is 2.66. The first-order valence-corrected chi connectivity index (χ1v) is 38.3. The zero-order valence-corrected chi connectivity index (χ0v) is 62.2. The van der Waals surface area contributed by atoms with Gasteiger partial charge in [0.2, 0.25) is 0 Å². The Kier molecular flexibility index (Phi) is 19.3. The van der Waals surface area contributed by atoms with Crippen LogP contribution < -0.4 is 0 Å². The molecule has 0 saturated heterocycles. The number of esters is 5. The molecule has 99 heavy (non-hydrogen) atoms. The molecule has 20 rings (SSSR count). The van der Waals surface area contributed by atoms with Gasteiger partial charge in [-0.3, -0.25) is 24.0 Å². The van der Waals surface area contributed by atoms with Gasteiger partial charge in [-0.25, -0.2) is 0 Å². The lowest BCUT2D eigenvalue weighted by molar-refractivity contribution is -0.304. The van der Waals surface area contributed by atoms with E-state index in [0.717, 1.165) is 83.5 Å². The van der Waals surface area contributed by atoms with Gasteiger partial charge in [-0.05, 0) is 168 Å². The van der Waals surface area contributed by atoms with Crippen LogP contribution in [0.25, 0.3) is 0 Å². The molecule has 21 nitrogen and oxygen atoms in total. The van der Waals surface area contributed by atoms with E-state index in [9.17, 15) is 80.1 Å². The van der Waals surface area contributed by atoms with E-state index >= 15 is 0 Å². The van der Waals surface area contributed by atoms with Crippen molar-refractivity contribution in [1.82, 2.24) is 0 Å². The number of aliphatic hydroxyl groups is 11. The molecule has 20 saturated carbocycles. The minimum absolute atomic E-state index is 0.0828. The third kappa shape index (κ3) is 15.6. The minimum Gasteiger partial charge on any atom is -0.459 e. The molecule has 0 radical (unpaired) electrons. The molecule has 0 aromatic carbocycles. The van der Waals surface area contributed by atoms with Crippen LogP contribution in [0.1, 0.15) is 315 Å². The van der Waals surface area contributed by atoms with E-state index in [-0.39, 0.29) is 97.6 Å². The maximum absolute atomic E-state index is 12.4. The monoisotopic (exact) mass is 1400 g/mol. The van der Waals surface area contributed by atoms with E-state index < -0.39 is 100 Å². The van der Waals surface area contributed by atoms with Crippen molar-refractivity contribution < 1.29 is 104 Å². The van der Waals surface area contributed by atoms with Gasteiger partial charge in [0.05, 0.1) is 89.7 Å². The van der Waals surface area contributed by atoms with Gasteiger partial charge in [-0.15, -0.1) is 0 Å². The summed E-state index contributed by atoms with van der Waals surface area (Å²) in [6, 6.07) is 0. The molecule has 8 unspecified atom stereocenters. The van der Waals surface area contributed by atoms with Crippen molar-refractivity contribution in [2.75, 3.05) is 0 Å². The van der Waals surface area contributed by atoms with Crippen LogP contribution in [0.2, 0.25) is 0 Å². The minimum atomic E-state index is -1.13. The number of ether oxygens (including phenoxy) is 5.